The molecular weight excluding hydrogens is 308 g/mol. The minimum Gasteiger partial charge on any atom is -0.454 e. The van der Waals surface area contributed by atoms with Gasteiger partial charge in [0.05, 0.1) is 0 Å². The molecule has 6 heteroatoms. The van der Waals surface area contributed by atoms with Crippen molar-refractivity contribution < 1.29 is 19.1 Å². The maximum absolute atomic E-state index is 12.0. The zero-order valence-electron chi connectivity index (χ0n) is 14.8. The van der Waals surface area contributed by atoms with Gasteiger partial charge in [0.15, 0.2) is 6.61 Å². The summed E-state index contributed by atoms with van der Waals surface area (Å²) < 4.78 is 4.83. The highest BCUT2D eigenvalue weighted by molar-refractivity contribution is 5.96. The van der Waals surface area contributed by atoms with Gasteiger partial charge in [0.2, 0.25) is 0 Å². The van der Waals surface area contributed by atoms with Gasteiger partial charge in [-0.2, -0.15) is 0 Å². The molecule has 0 heterocycles. The Labute approximate surface area is 143 Å². The molecule has 0 bridgehead atoms. The number of hydrogen-bond donors (Lipinski definition) is 2. The molecule has 1 aromatic carbocycles. The van der Waals surface area contributed by atoms with Crippen LogP contribution in [0.4, 0.5) is 0 Å². The van der Waals surface area contributed by atoms with Gasteiger partial charge in [-0.05, 0) is 38.3 Å². The second-order valence-corrected chi connectivity index (χ2v) is 6.25. The molecule has 2 N–H and O–H groups in total. The summed E-state index contributed by atoms with van der Waals surface area (Å²) in [4.78, 5) is 35.1. The van der Waals surface area contributed by atoms with Crippen molar-refractivity contribution in [1.29, 1.82) is 0 Å². The Morgan fingerprint density at radius 1 is 1.04 bits per heavy atom. The average Bonchev–Trinajstić information content (AvgIpc) is 2.49. The minimum atomic E-state index is -0.647. The molecule has 0 saturated carbocycles. The summed E-state index contributed by atoms with van der Waals surface area (Å²) in [5, 5.41) is 5.16. The molecule has 0 aliphatic heterocycles. The number of aryl methyl sites for hydroxylation is 2. The zero-order valence-corrected chi connectivity index (χ0v) is 14.8. The SMILES string of the molecule is Cc1cc(C)cc(C(=O)NCC(=O)OCC(=O)NCCC(C)C)c1. The second kappa shape index (κ2) is 9.70. The van der Waals surface area contributed by atoms with Crippen LogP contribution in [0, 0.1) is 19.8 Å². The minimum absolute atomic E-state index is 0.273. The number of esters is 1. The fourth-order valence-electron chi connectivity index (χ4n) is 2.11. The number of nitrogens with one attached hydrogen (secondary N) is 2. The number of amides is 2. The molecule has 0 aliphatic rings. The molecule has 0 saturated heterocycles. The van der Waals surface area contributed by atoms with Gasteiger partial charge >= 0.3 is 5.97 Å². The van der Waals surface area contributed by atoms with Gasteiger partial charge in [0, 0.05) is 12.1 Å². The third-order valence-corrected chi connectivity index (χ3v) is 3.29. The lowest BCUT2D eigenvalue weighted by molar-refractivity contribution is -0.147. The Morgan fingerprint density at radius 2 is 1.67 bits per heavy atom. The van der Waals surface area contributed by atoms with E-state index in [4.69, 9.17) is 4.74 Å². The Morgan fingerprint density at radius 3 is 2.25 bits per heavy atom. The second-order valence-electron chi connectivity index (χ2n) is 6.25. The van der Waals surface area contributed by atoms with E-state index in [9.17, 15) is 14.4 Å². The van der Waals surface area contributed by atoms with Crippen LogP contribution < -0.4 is 10.6 Å². The quantitative estimate of drug-likeness (QED) is 0.709. The summed E-state index contributed by atoms with van der Waals surface area (Å²) >= 11 is 0. The summed E-state index contributed by atoms with van der Waals surface area (Å²) in [6.07, 6.45) is 0.867. The first-order valence-corrected chi connectivity index (χ1v) is 8.06. The van der Waals surface area contributed by atoms with E-state index >= 15 is 0 Å². The van der Waals surface area contributed by atoms with E-state index in [1.807, 2.05) is 19.9 Å². The summed E-state index contributed by atoms with van der Waals surface area (Å²) in [5.74, 6) is -0.843. The molecule has 0 unspecified atom stereocenters. The first kappa shape index (κ1) is 19.7. The highest BCUT2D eigenvalue weighted by Crippen LogP contribution is 2.08. The van der Waals surface area contributed by atoms with E-state index in [2.05, 4.69) is 24.5 Å². The van der Waals surface area contributed by atoms with Crippen LogP contribution in [0.2, 0.25) is 0 Å². The first-order chi connectivity index (χ1) is 11.3. The molecule has 1 aromatic rings. The Hall–Kier alpha value is -2.37. The molecule has 24 heavy (non-hydrogen) atoms. The zero-order chi connectivity index (χ0) is 18.1. The first-order valence-electron chi connectivity index (χ1n) is 8.06. The maximum atomic E-state index is 12.0. The van der Waals surface area contributed by atoms with Crippen molar-refractivity contribution in [2.75, 3.05) is 19.7 Å². The van der Waals surface area contributed by atoms with Gasteiger partial charge < -0.3 is 15.4 Å². The molecule has 132 valence electrons. The summed E-state index contributed by atoms with van der Waals surface area (Å²) in [6, 6.07) is 5.45. The van der Waals surface area contributed by atoms with Gasteiger partial charge in [0.25, 0.3) is 11.8 Å². The summed E-state index contributed by atoms with van der Waals surface area (Å²) in [6.45, 7) is 7.86. The van der Waals surface area contributed by atoms with E-state index < -0.39 is 5.97 Å². The fraction of sp³-hybridized carbons (Fsp3) is 0.500. The topological polar surface area (TPSA) is 84.5 Å². The lowest BCUT2D eigenvalue weighted by Crippen LogP contribution is -2.34. The largest absolute Gasteiger partial charge is 0.454 e. The normalized spacial score (nSPS) is 10.4. The summed E-state index contributed by atoms with van der Waals surface area (Å²) in [5.41, 5.74) is 2.44. The predicted molar refractivity (Wildman–Crippen MR) is 91.7 cm³/mol. The van der Waals surface area contributed by atoms with Gasteiger partial charge in [-0.15, -0.1) is 0 Å². The Kier molecular flexibility index (Phi) is 7.95. The van der Waals surface area contributed by atoms with Crippen molar-refractivity contribution in [2.45, 2.75) is 34.1 Å². The molecule has 0 aliphatic carbocycles. The fourth-order valence-corrected chi connectivity index (χ4v) is 2.11. The molecule has 6 nitrogen and oxygen atoms in total. The monoisotopic (exact) mass is 334 g/mol. The number of benzene rings is 1. The van der Waals surface area contributed by atoms with E-state index in [-0.39, 0.29) is 25.0 Å². The predicted octanol–water partition coefficient (Wildman–Crippen LogP) is 1.74. The van der Waals surface area contributed by atoms with E-state index in [0.29, 0.717) is 18.0 Å². The number of carbonyl (C=O) groups is 3. The van der Waals surface area contributed by atoms with Crippen molar-refractivity contribution in [2.24, 2.45) is 5.92 Å². The Bertz CT molecular complexity index is 576. The van der Waals surface area contributed by atoms with Crippen molar-refractivity contribution in [3.05, 3.63) is 34.9 Å². The van der Waals surface area contributed by atoms with Crippen molar-refractivity contribution in [3.63, 3.8) is 0 Å². The van der Waals surface area contributed by atoms with Crippen molar-refractivity contribution >= 4 is 17.8 Å². The highest BCUT2D eigenvalue weighted by Gasteiger charge is 2.11. The number of ether oxygens (including phenoxy) is 1. The Balaban J connectivity index is 2.30. The number of carbonyl (C=O) groups excluding carboxylic acids is 3. The molecule has 0 aromatic heterocycles. The lowest BCUT2D eigenvalue weighted by atomic mass is 10.1. The molecule has 2 amide bonds. The standard InChI is InChI=1S/C18H26N2O4/c1-12(2)5-6-19-16(21)11-24-17(22)10-20-18(23)15-8-13(3)7-14(4)9-15/h7-9,12H,5-6,10-11H2,1-4H3,(H,19,21)(H,20,23). The van der Waals surface area contributed by atoms with Crippen molar-refractivity contribution in [3.8, 4) is 0 Å². The number of rotatable bonds is 8. The smallest absolute Gasteiger partial charge is 0.325 e. The van der Waals surface area contributed by atoms with Gasteiger partial charge in [-0.1, -0.05) is 31.0 Å². The van der Waals surface area contributed by atoms with Crippen LogP contribution in [0.25, 0.3) is 0 Å². The van der Waals surface area contributed by atoms with E-state index in [1.165, 1.54) is 0 Å². The average molecular weight is 334 g/mol. The summed E-state index contributed by atoms with van der Waals surface area (Å²) in [7, 11) is 0. The third kappa shape index (κ3) is 7.76. The van der Waals surface area contributed by atoms with E-state index in [0.717, 1.165) is 17.5 Å². The van der Waals surface area contributed by atoms with Crippen LogP contribution in [-0.4, -0.2) is 37.5 Å². The van der Waals surface area contributed by atoms with Crippen LogP contribution in [0.3, 0.4) is 0 Å². The number of hydrogen-bond acceptors (Lipinski definition) is 4. The van der Waals surface area contributed by atoms with Crippen LogP contribution in [0.15, 0.2) is 18.2 Å². The lowest BCUT2D eigenvalue weighted by Gasteiger charge is -2.09. The molecule has 0 atom stereocenters. The van der Waals surface area contributed by atoms with Crippen LogP contribution in [-0.2, 0) is 14.3 Å². The van der Waals surface area contributed by atoms with E-state index in [1.54, 1.807) is 12.1 Å². The van der Waals surface area contributed by atoms with Crippen molar-refractivity contribution in [1.82, 2.24) is 10.6 Å². The molecule has 0 fully saturated rings. The van der Waals surface area contributed by atoms with Gasteiger partial charge in [-0.3, -0.25) is 14.4 Å². The molecular formula is C18H26N2O4. The third-order valence-electron chi connectivity index (χ3n) is 3.29. The van der Waals surface area contributed by atoms with Crippen LogP contribution in [0.5, 0.6) is 0 Å². The van der Waals surface area contributed by atoms with Crippen LogP contribution >= 0.6 is 0 Å². The highest BCUT2D eigenvalue weighted by atomic mass is 16.5. The molecule has 0 radical (unpaired) electrons. The molecule has 1 rings (SSSR count). The molecule has 0 spiro atoms. The van der Waals surface area contributed by atoms with Crippen LogP contribution in [0.1, 0.15) is 41.8 Å². The van der Waals surface area contributed by atoms with Gasteiger partial charge in [0.1, 0.15) is 6.54 Å². The van der Waals surface area contributed by atoms with Gasteiger partial charge in [-0.25, -0.2) is 0 Å². The maximum Gasteiger partial charge on any atom is 0.325 e.